The van der Waals surface area contributed by atoms with Crippen LogP contribution in [-0.4, -0.2) is 24.1 Å². The molecule has 4 nitrogen and oxygen atoms in total. The molecule has 22 heavy (non-hydrogen) atoms. The molecule has 2 rings (SSSR count). The Morgan fingerprint density at radius 2 is 1.64 bits per heavy atom. The molecule has 0 spiro atoms. The van der Waals surface area contributed by atoms with E-state index in [0.29, 0.717) is 11.3 Å². The SMILES string of the molecule is CNC(=O)c1ccc(NC(=O)[C@H](C)Sc2ccccc2)cc1. The van der Waals surface area contributed by atoms with E-state index in [-0.39, 0.29) is 17.1 Å². The number of amides is 2. The highest BCUT2D eigenvalue weighted by Gasteiger charge is 2.14. The molecule has 2 N–H and O–H groups in total. The first kappa shape index (κ1) is 16.1. The largest absolute Gasteiger partial charge is 0.355 e. The molecule has 5 heteroatoms. The fourth-order valence-electron chi connectivity index (χ4n) is 1.85. The zero-order chi connectivity index (χ0) is 15.9. The Bertz CT molecular complexity index is 641. The molecule has 0 heterocycles. The van der Waals surface area contributed by atoms with Crippen molar-refractivity contribution in [1.29, 1.82) is 0 Å². The monoisotopic (exact) mass is 314 g/mol. The summed E-state index contributed by atoms with van der Waals surface area (Å²) < 4.78 is 0. The molecule has 0 bridgehead atoms. The van der Waals surface area contributed by atoms with Crippen LogP contribution in [0.3, 0.4) is 0 Å². The molecule has 0 fully saturated rings. The fourth-order valence-corrected chi connectivity index (χ4v) is 2.74. The molecule has 0 aliphatic heterocycles. The smallest absolute Gasteiger partial charge is 0.251 e. The summed E-state index contributed by atoms with van der Waals surface area (Å²) in [6.45, 7) is 1.87. The third-order valence-electron chi connectivity index (χ3n) is 3.07. The molecule has 2 aromatic rings. The highest BCUT2D eigenvalue weighted by Crippen LogP contribution is 2.23. The lowest BCUT2D eigenvalue weighted by Crippen LogP contribution is -2.22. The minimum atomic E-state index is -0.207. The molecule has 0 aliphatic rings. The molecular formula is C17H18N2O2S. The normalized spacial score (nSPS) is 11.5. The Labute approximate surface area is 134 Å². The zero-order valence-electron chi connectivity index (χ0n) is 12.5. The number of carbonyl (C=O) groups excluding carboxylic acids is 2. The number of nitrogens with one attached hydrogen (secondary N) is 2. The van der Waals surface area contributed by atoms with Crippen molar-refractivity contribution in [2.75, 3.05) is 12.4 Å². The van der Waals surface area contributed by atoms with Gasteiger partial charge in [-0.3, -0.25) is 9.59 Å². The van der Waals surface area contributed by atoms with Crippen molar-refractivity contribution in [3.05, 3.63) is 60.2 Å². The Hall–Kier alpha value is -2.27. The van der Waals surface area contributed by atoms with Crippen molar-refractivity contribution in [3.8, 4) is 0 Å². The van der Waals surface area contributed by atoms with Gasteiger partial charge in [0.25, 0.3) is 5.91 Å². The summed E-state index contributed by atoms with van der Waals surface area (Å²) in [5, 5.41) is 5.20. The maximum atomic E-state index is 12.2. The van der Waals surface area contributed by atoms with Gasteiger partial charge in [-0.1, -0.05) is 18.2 Å². The van der Waals surface area contributed by atoms with Crippen LogP contribution in [0.4, 0.5) is 5.69 Å². The number of thioether (sulfide) groups is 1. The van der Waals surface area contributed by atoms with Gasteiger partial charge < -0.3 is 10.6 Å². The first-order chi connectivity index (χ1) is 10.6. The highest BCUT2D eigenvalue weighted by molar-refractivity contribution is 8.00. The Balaban J connectivity index is 1.95. The lowest BCUT2D eigenvalue weighted by molar-refractivity contribution is -0.115. The van der Waals surface area contributed by atoms with Crippen molar-refractivity contribution < 1.29 is 9.59 Å². The van der Waals surface area contributed by atoms with Crippen LogP contribution in [0.15, 0.2) is 59.5 Å². The van der Waals surface area contributed by atoms with E-state index in [9.17, 15) is 9.59 Å². The number of hydrogen-bond acceptors (Lipinski definition) is 3. The number of anilines is 1. The number of rotatable bonds is 5. The van der Waals surface area contributed by atoms with E-state index in [4.69, 9.17) is 0 Å². The van der Waals surface area contributed by atoms with E-state index in [1.807, 2.05) is 37.3 Å². The zero-order valence-corrected chi connectivity index (χ0v) is 13.3. The van der Waals surface area contributed by atoms with Gasteiger partial charge in [0, 0.05) is 23.2 Å². The highest BCUT2D eigenvalue weighted by atomic mass is 32.2. The number of benzene rings is 2. The van der Waals surface area contributed by atoms with Gasteiger partial charge in [0.2, 0.25) is 5.91 Å². The van der Waals surface area contributed by atoms with Crippen LogP contribution in [-0.2, 0) is 4.79 Å². The molecule has 2 aromatic carbocycles. The lowest BCUT2D eigenvalue weighted by Gasteiger charge is -2.12. The fraction of sp³-hybridized carbons (Fsp3) is 0.176. The molecule has 0 radical (unpaired) electrons. The summed E-state index contributed by atoms with van der Waals surface area (Å²) in [4.78, 5) is 24.7. The Morgan fingerprint density at radius 1 is 1.00 bits per heavy atom. The minimum Gasteiger partial charge on any atom is -0.355 e. The Kier molecular flexibility index (Phi) is 5.61. The van der Waals surface area contributed by atoms with Gasteiger partial charge in [-0.25, -0.2) is 0 Å². The summed E-state index contributed by atoms with van der Waals surface area (Å²) in [6, 6.07) is 16.6. The third kappa shape index (κ3) is 4.36. The van der Waals surface area contributed by atoms with Crippen molar-refractivity contribution in [1.82, 2.24) is 5.32 Å². The second kappa shape index (κ2) is 7.66. The van der Waals surface area contributed by atoms with Gasteiger partial charge in [0.15, 0.2) is 0 Å². The number of hydrogen-bond donors (Lipinski definition) is 2. The second-order valence-corrected chi connectivity index (χ2v) is 6.13. The van der Waals surface area contributed by atoms with E-state index < -0.39 is 0 Å². The van der Waals surface area contributed by atoms with E-state index in [0.717, 1.165) is 4.90 Å². The van der Waals surface area contributed by atoms with Gasteiger partial charge in [-0.15, -0.1) is 11.8 Å². The van der Waals surface area contributed by atoms with Crippen molar-refractivity contribution >= 4 is 29.3 Å². The summed E-state index contributed by atoms with van der Waals surface area (Å²) in [5.74, 6) is -0.215. The van der Waals surface area contributed by atoms with Crippen molar-refractivity contribution in [2.45, 2.75) is 17.1 Å². The second-order valence-electron chi connectivity index (χ2n) is 4.72. The molecular weight excluding hydrogens is 296 g/mol. The average Bonchev–Trinajstić information content (AvgIpc) is 2.55. The van der Waals surface area contributed by atoms with Gasteiger partial charge in [-0.2, -0.15) is 0 Å². The molecule has 0 unspecified atom stereocenters. The molecule has 0 saturated heterocycles. The Morgan fingerprint density at radius 3 is 2.23 bits per heavy atom. The topological polar surface area (TPSA) is 58.2 Å². The first-order valence-electron chi connectivity index (χ1n) is 6.95. The maximum absolute atomic E-state index is 12.2. The van der Waals surface area contributed by atoms with Crippen LogP contribution >= 0.6 is 11.8 Å². The molecule has 114 valence electrons. The molecule has 0 saturated carbocycles. The van der Waals surface area contributed by atoms with Crippen LogP contribution in [0.5, 0.6) is 0 Å². The van der Waals surface area contributed by atoms with E-state index in [2.05, 4.69) is 10.6 Å². The summed E-state index contributed by atoms with van der Waals surface area (Å²) >= 11 is 1.51. The maximum Gasteiger partial charge on any atom is 0.251 e. The van der Waals surface area contributed by atoms with Crippen LogP contribution in [0, 0.1) is 0 Å². The quantitative estimate of drug-likeness (QED) is 0.834. The van der Waals surface area contributed by atoms with E-state index >= 15 is 0 Å². The predicted octanol–water partition coefficient (Wildman–Crippen LogP) is 3.17. The third-order valence-corrected chi connectivity index (χ3v) is 4.18. The van der Waals surface area contributed by atoms with Crippen LogP contribution < -0.4 is 10.6 Å². The van der Waals surface area contributed by atoms with E-state index in [1.54, 1.807) is 31.3 Å². The van der Waals surface area contributed by atoms with Crippen molar-refractivity contribution in [3.63, 3.8) is 0 Å². The van der Waals surface area contributed by atoms with Crippen LogP contribution in [0.25, 0.3) is 0 Å². The summed E-state index contributed by atoms with van der Waals surface area (Å²) in [7, 11) is 1.58. The number of carbonyl (C=O) groups is 2. The minimum absolute atomic E-state index is 0.0680. The average molecular weight is 314 g/mol. The van der Waals surface area contributed by atoms with E-state index in [1.165, 1.54) is 11.8 Å². The van der Waals surface area contributed by atoms with Crippen LogP contribution in [0.1, 0.15) is 17.3 Å². The predicted molar refractivity (Wildman–Crippen MR) is 90.2 cm³/mol. The molecule has 0 aliphatic carbocycles. The summed E-state index contributed by atoms with van der Waals surface area (Å²) in [6.07, 6.45) is 0. The van der Waals surface area contributed by atoms with Gasteiger partial charge in [0.1, 0.15) is 0 Å². The first-order valence-corrected chi connectivity index (χ1v) is 7.83. The van der Waals surface area contributed by atoms with Gasteiger partial charge >= 0.3 is 0 Å². The molecule has 0 aromatic heterocycles. The molecule has 1 atom stereocenters. The summed E-state index contributed by atoms with van der Waals surface area (Å²) in [5.41, 5.74) is 1.24. The van der Waals surface area contributed by atoms with Gasteiger partial charge in [-0.05, 0) is 43.3 Å². The van der Waals surface area contributed by atoms with Crippen molar-refractivity contribution in [2.24, 2.45) is 0 Å². The lowest BCUT2D eigenvalue weighted by atomic mass is 10.2. The van der Waals surface area contributed by atoms with Crippen LogP contribution in [0.2, 0.25) is 0 Å². The molecule has 2 amide bonds. The van der Waals surface area contributed by atoms with Gasteiger partial charge in [0.05, 0.1) is 5.25 Å². The standard InChI is InChI=1S/C17H18N2O2S/c1-12(22-15-6-4-3-5-7-15)16(20)19-14-10-8-13(9-11-14)17(21)18-2/h3-12H,1-2H3,(H,18,21)(H,19,20)/t12-/m0/s1.